The largest absolute Gasteiger partial charge is 0.512 e. The number of ether oxygens (including phenoxy) is 2. The number of para-hydroxylation sites is 2. The van der Waals surface area contributed by atoms with Crippen LogP contribution in [0.25, 0.3) is 0 Å². The minimum Gasteiger partial charge on any atom is -0.512 e. The van der Waals surface area contributed by atoms with Crippen LogP contribution in [0, 0.1) is 0 Å². The van der Waals surface area contributed by atoms with Crippen molar-refractivity contribution in [1.29, 1.82) is 0 Å². The zero-order chi connectivity index (χ0) is 21.2. The van der Waals surface area contributed by atoms with Crippen LogP contribution in [0.5, 0.6) is 11.5 Å². The second-order valence-electron chi connectivity index (χ2n) is 7.67. The van der Waals surface area contributed by atoms with Gasteiger partial charge in [-0.2, -0.15) is 0 Å². The monoisotopic (exact) mass is 424 g/mol. The predicted molar refractivity (Wildman–Crippen MR) is 124 cm³/mol. The molecule has 0 radical (unpaired) electrons. The predicted octanol–water partition coefficient (Wildman–Crippen LogP) is 5.48. The maximum Gasteiger partial charge on any atom is 0.457 e. The molecule has 30 heavy (non-hydrogen) atoms. The summed E-state index contributed by atoms with van der Waals surface area (Å²) in [7, 11) is -2.59. The second kappa shape index (κ2) is 11.2. The molecule has 1 aliphatic heterocycles. The fourth-order valence-electron chi connectivity index (χ4n) is 3.32. The van der Waals surface area contributed by atoms with Crippen molar-refractivity contribution in [2.75, 3.05) is 19.8 Å². The van der Waals surface area contributed by atoms with E-state index in [4.69, 9.17) is 18.3 Å². The van der Waals surface area contributed by atoms with E-state index in [0.717, 1.165) is 54.5 Å². The maximum atomic E-state index is 6.63. The van der Waals surface area contributed by atoms with Gasteiger partial charge in [-0.25, -0.2) is 0 Å². The molecule has 1 fully saturated rings. The summed E-state index contributed by atoms with van der Waals surface area (Å²) in [5.74, 6) is 1.75. The molecule has 4 nitrogen and oxygen atoms in total. The first kappa shape index (κ1) is 22.3. The zero-order valence-corrected chi connectivity index (χ0v) is 18.8. The number of benzene rings is 2. The Morgan fingerprint density at radius 2 is 1.50 bits per heavy atom. The van der Waals surface area contributed by atoms with Crippen molar-refractivity contribution >= 4 is 8.56 Å². The lowest BCUT2D eigenvalue weighted by Gasteiger charge is -2.30. The summed E-state index contributed by atoms with van der Waals surface area (Å²) < 4.78 is 24.2. The van der Waals surface area contributed by atoms with Crippen molar-refractivity contribution in [3.8, 4) is 11.5 Å². The van der Waals surface area contributed by atoms with Gasteiger partial charge in [-0.1, -0.05) is 48.6 Å². The second-order valence-corrected chi connectivity index (χ2v) is 10.8. The van der Waals surface area contributed by atoms with Crippen LogP contribution >= 0.6 is 0 Å². The third kappa shape index (κ3) is 6.87. The summed E-state index contributed by atoms with van der Waals surface area (Å²) in [6.45, 7) is 12.0. The van der Waals surface area contributed by atoms with Crippen LogP contribution in [0.15, 0.2) is 73.8 Å². The van der Waals surface area contributed by atoms with E-state index in [9.17, 15) is 0 Å². The quantitative estimate of drug-likeness (QED) is 0.174. The lowest BCUT2D eigenvalue weighted by Crippen LogP contribution is -2.46. The molecule has 2 aromatic rings. The van der Waals surface area contributed by atoms with E-state index < -0.39 is 8.56 Å². The summed E-state index contributed by atoms with van der Waals surface area (Å²) >= 11 is 0. The highest BCUT2D eigenvalue weighted by Crippen LogP contribution is 2.29. The highest BCUT2D eigenvalue weighted by Gasteiger charge is 2.37. The van der Waals surface area contributed by atoms with Crippen molar-refractivity contribution in [3.05, 3.63) is 85.0 Å². The van der Waals surface area contributed by atoms with E-state index in [-0.39, 0.29) is 6.10 Å². The number of hydrogen-bond donors (Lipinski definition) is 0. The van der Waals surface area contributed by atoms with E-state index in [2.05, 4.69) is 31.8 Å². The van der Waals surface area contributed by atoms with E-state index >= 15 is 0 Å². The Morgan fingerprint density at radius 1 is 0.967 bits per heavy atom. The summed E-state index contributed by atoms with van der Waals surface area (Å²) in [5.41, 5.74) is 2.24. The van der Waals surface area contributed by atoms with Gasteiger partial charge in [0.25, 0.3) is 0 Å². The molecule has 1 atom stereocenters. The topological polar surface area (TPSA) is 40.2 Å². The standard InChI is InChI=1S/C25H32O4Si/c1-4-11-21-13-6-8-15-24(21)28-30(3,18-10-17-26-19-23-20-27-23)29-25-16-9-7-14-22(25)12-5-2/h4-9,13-16,23H,1-2,10-12,17-20H2,3H3. The van der Waals surface area contributed by atoms with Crippen LogP contribution in [-0.2, 0) is 22.3 Å². The van der Waals surface area contributed by atoms with Gasteiger partial charge in [0.2, 0.25) is 0 Å². The molecule has 0 aliphatic carbocycles. The van der Waals surface area contributed by atoms with Gasteiger partial charge in [-0.15, -0.1) is 13.2 Å². The Kier molecular flexibility index (Phi) is 8.31. The molecule has 0 amide bonds. The lowest BCUT2D eigenvalue weighted by molar-refractivity contribution is 0.116. The van der Waals surface area contributed by atoms with E-state index in [1.807, 2.05) is 48.6 Å². The number of rotatable bonds is 14. The van der Waals surface area contributed by atoms with Gasteiger partial charge in [-0.3, -0.25) is 0 Å². The smallest absolute Gasteiger partial charge is 0.457 e. The van der Waals surface area contributed by atoms with Crippen LogP contribution in [-0.4, -0.2) is 34.5 Å². The van der Waals surface area contributed by atoms with Gasteiger partial charge in [0, 0.05) is 19.2 Å². The third-order valence-electron chi connectivity index (χ3n) is 4.95. The van der Waals surface area contributed by atoms with Crippen LogP contribution < -0.4 is 8.85 Å². The first-order chi connectivity index (χ1) is 14.6. The molecule has 0 N–H and O–H groups in total. The summed E-state index contributed by atoms with van der Waals surface area (Å²) in [6, 6.07) is 17.1. The average molecular weight is 425 g/mol. The Morgan fingerprint density at radius 3 is 2.00 bits per heavy atom. The van der Waals surface area contributed by atoms with Crippen molar-refractivity contribution in [2.24, 2.45) is 0 Å². The highest BCUT2D eigenvalue weighted by atomic mass is 28.4. The van der Waals surface area contributed by atoms with Crippen molar-refractivity contribution < 1.29 is 18.3 Å². The molecule has 2 aromatic carbocycles. The fraction of sp³-hybridized carbons (Fsp3) is 0.360. The Balaban J connectivity index is 1.75. The van der Waals surface area contributed by atoms with Gasteiger partial charge in [0.15, 0.2) is 0 Å². The zero-order valence-electron chi connectivity index (χ0n) is 17.8. The first-order valence-corrected chi connectivity index (χ1v) is 13.1. The first-order valence-electron chi connectivity index (χ1n) is 10.6. The van der Waals surface area contributed by atoms with Crippen molar-refractivity contribution in [3.63, 3.8) is 0 Å². The van der Waals surface area contributed by atoms with Gasteiger partial charge < -0.3 is 18.3 Å². The molecule has 1 unspecified atom stereocenters. The molecule has 0 saturated carbocycles. The molecule has 0 spiro atoms. The van der Waals surface area contributed by atoms with Gasteiger partial charge in [0.05, 0.1) is 13.2 Å². The number of epoxide rings is 1. The van der Waals surface area contributed by atoms with Gasteiger partial charge in [0.1, 0.15) is 17.6 Å². The van der Waals surface area contributed by atoms with Crippen molar-refractivity contribution in [2.45, 2.75) is 38.0 Å². The Labute approximate surface area is 181 Å². The van der Waals surface area contributed by atoms with Crippen LogP contribution in [0.1, 0.15) is 17.5 Å². The van der Waals surface area contributed by atoms with E-state index in [0.29, 0.717) is 13.2 Å². The molecule has 3 rings (SSSR count). The molecule has 1 heterocycles. The lowest BCUT2D eigenvalue weighted by atomic mass is 10.1. The maximum absolute atomic E-state index is 6.63. The van der Waals surface area contributed by atoms with E-state index in [1.54, 1.807) is 0 Å². The highest BCUT2D eigenvalue weighted by molar-refractivity contribution is 6.67. The Hall–Kier alpha value is -2.34. The normalized spacial score (nSPS) is 15.4. The van der Waals surface area contributed by atoms with Crippen LogP contribution in [0.2, 0.25) is 12.6 Å². The summed E-state index contributed by atoms with van der Waals surface area (Å²) in [4.78, 5) is 0. The summed E-state index contributed by atoms with van der Waals surface area (Å²) in [6.07, 6.45) is 6.49. The van der Waals surface area contributed by atoms with Gasteiger partial charge in [-0.05, 0) is 42.5 Å². The van der Waals surface area contributed by atoms with Crippen LogP contribution in [0.3, 0.4) is 0 Å². The molecule has 0 bridgehead atoms. The molecule has 0 aromatic heterocycles. The molecule has 1 aliphatic rings. The van der Waals surface area contributed by atoms with Crippen molar-refractivity contribution in [1.82, 2.24) is 0 Å². The molecule has 1 saturated heterocycles. The molecular formula is C25H32O4Si. The molecule has 5 heteroatoms. The van der Waals surface area contributed by atoms with Gasteiger partial charge >= 0.3 is 8.56 Å². The minimum atomic E-state index is -2.59. The average Bonchev–Trinajstić information content (AvgIpc) is 3.56. The molecular weight excluding hydrogens is 392 g/mol. The molecule has 160 valence electrons. The minimum absolute atomic E-state index is 0.290. The summed E-state index contributed by atoms with van der Waals surface area (Å²) in [5, 5.41) is 0. The van der Waals surface area contributed by atoms with E-state index in [1.165, 1.54) is 0 Å². The number of hydrogen-bond acceptors (Lipinski definition) is 4. The fourth-order valence-corrected chi connectivity index (χ4v) is 5.68. The Bertz CT molecular complexity index is 776. The van der Waals surface area contributed by atoms with Crippen LogP contribution in [0.4, 0.5) is 0 Å². The number of allylic oxidation sites excluding steroid dienone is 2. The third-order valence-corrected chi connectivity index (χ3v) is 7.52. The SMILES string of the molecule is C=CCc1ccccc1O[Si](C)(CCCOCC1CO1)Oc1ccccc1CC=C.